The van der Waals surface area contributed by atoms with Crippen LogP contribution in [0.2, 0.25) is 0 Å². The van der Waals surface area contributed by atoms with Crippen LogP contribution in [-0.4, -0.2) is 41.1 Å². The number of β-amino-alcohol motifs (C(OH)–C–C–N with tert-alkyl or cyclic N) is 1. The minimum absolute atomic E-state index is 0.0103. The largest absolute Gasteiger partial charge is 0.491 e. The van der Waals surface area contributed by atoms with Crippen molar-refractivity contribution in [3.8, 4) is 5.75 Å². The molecule has 2 aliphatic rings. The summed E-state index contributed by atoms with van der Waals surface area (Å²) in [7, 11) is 0. The van der Waals surface area contributed by atoms with E-state index in [4.69, 9.17) is 4.74 Å². The van der Waals surface area contributed by atoms with Crippen LogP contribution in [0.5, 0.6) is 5.75 Å². The number of allylic oxidation sites excluding steroid dienone is 2. The first kappa shape index (κ1) is 16.5. The summed E-state index contributed by atoms with van der Waals surface area (Å²) in [6, 6.07) is 13.6. The van der Waals surface area contributed by atoms with Gasteiger partial charge in [0.25, 0.3) is 0 Å². The summed E-state index contributed by atoms with van der Waals surface area (Å²) in [4.78, 5) is 25.9. The lowest BCUT2D eigenvalue weighted by Gasteiger charge is -2.19. The SMILES string of the molecule is O=C1[C@H]2C=CC=C[C@H]2C(=O)N1C[C@@H](O)COc1ccc2ccccc2c1. The van der Waals surface area contributed by atoms with Crippen LogP contribution in [-0.2, 0) is 9.59 Å². The van der Waals surface area contributed by atoms with E-state index in [-0.39, 0.29) is 25.0 Å². The molecule has 2 aromatic carbocycles. The number of benzene rings is 2. The number of carbonyl (C=O) groups is 2. The van der Waals surface area contributed by atoms with Gasteiger partial charge in [0.05, 0.1) is 18.4 Å². The summed E-state index contributed by atoms with van der Waals surface area (Å²) in [5.74, 6) is -0.765. The molecule has 1 saturated heterocycles. The third kappa shape index (κ3) is 3.02. The van der Waals surface area contributed by atoms with Crippen LogP contribution in [0.3, 0.4) is 0 Å². The molecule has 1 heterocycles. The molecule has 1 aliphatic carbocycles. The third-order valence-electron chi connectivity index (χ3n) is 4.79. The Morgan fingerprint density at radius 3 is 2.31 bits per heavy atom. The van der Waals surface area contributed by atoms with Crippen molar-refractivity contribution >= 4 is 22.6 Å². The summed E-state index contributed by atoms with van der Waals surface area (Å²) in [6.45, 7) is -0.0453. The molecular formula is C21H19NO4. The molecule has 5 heteroatoms. The predicted molar refractivity (Wildman–Crippen MR) is 97.4 cm³/mol. The molecule has 5 nitrogen and oxygen atoms in total. The molecule has 2 amide bonds. The van der Waals surface area contributed by atoms with E-state index in [0.717, 1.165) is 15.7 Å². The van der Waals surface area contributed by atoms with Gasteiger partial charge in [-0.15, -0.1) is 0 Å². The fraction of sp³-hybridized carbons (Fsp3) is 0.238. The van der Waals surface area contributed by atoms with Gasteiger partial charge in [-0.05, 0) is 22.9 Å². The number of fused-ring (bicyclic) bond motifs is 2. The van der Waals surface area contributed by atoms with Crippen molar-refractivity contribution in [3.05, 3.63) is 66.8 Å². The maximum atomic E-state index is 12.4. The molecule has 1 aliphatic heterocycles. The lowest BCUT2D eigenvalue weighted by molar-refractivity contribution is -0.141. The van der Waals surface area contributed by atoms with Gasteiger partial charge in [-0.2, -0.15) is 0 Å². The second kappa shape index (κ2) is 6.77. The first-order valence-electron chi connectivity index (χ1n) is 8.63. The van der Waals surface area contributed by atoms with Gasteiger partial charge >= 0.3 is 0 Å². The van der Waals surface area contributed by atoms with E-state index in [1.807, 2.05) is 42.5 Å². The van der Waals surface area contributed by atoms with Crippen molar-refractivity contribution in [1.29, 1.82) is 0 Å². The number of aliphatic hydroxyl groups is 1. The Morgan fingerprint density at radius 1 is 0.962 bits per heavy atom. The smallest absolute Gasteiger partial charge is 0.237 e. The minimum Gasteiger partial charge on any atom is -0.491 e. The monoisotopic (exact) mass is 349 g/mol. The van der Waals surface area contributed by atoms with Crippen molar-refractivity contribution < 1.29 is 19.4 Å². The van der Waals surface area contributed by atoms with Gasteiger partial charge in [0, 0.05) is 0 Å². The Hall–Kier alpha value is -2.92. The highest BCUT2D eigenvalue weighted by Crippen LogP contribution is 2.31. The number of likely N-dealkylation sites (tertiary alicyclic amines) is 1. The van der Waals surface area contributed by atoms with Crippen LogP contribution in [0.1, 0.15) is 0 Å². The van der Waals surface area contributed by atoms with E-state index in [2.05, 4.69) is 0 Å². The Bertz CT molecular complexity index is 887. The number of carbonyl (C=O) groups excluding carboxylic acids is 2. The average Bonchev–Trinajstić information content (AvgIpc) is 2.91. The highest BCUT2D eigenvalue weighted by Gasteiger charge is 2.45. The Labute approximate surface area is 151 Å². The van der Waals surface area contributed by atoms with E-state index in [1.165, 1.54) is 0 Å². The number of hydrogen-bond acceptors (Lipinski definition) is 4. The zero-order chi connectivity index (χ0) is 18.1. The Kier molecular flexibility index (Phi) is 4.31. The van der Waals surface area contributed by atoms with Gasteiger partial charge in [-0.1, -0.05) is 54.6 Å². The number of hydrogen-bond donors (Lipinski definition) is 1. The van der Waals surface area contributed by atoms with Crippen LogP contribution >= 0.6 is 0 Å². The van der Waals surface area contributed by atoms with Crippen LogP contribution < -0.4 is 4.74 Å². The molecule has 0 bridgehead atoms. The molecular weight excluding hydrogens is 330 g/mol. The fourth-order valence-electron chi connectivity index (χ4n) is 3.44. The second-order valence-electron chi connectivity index (χ2n) is 6.58. The number of imide groups is 1. The molecule has 4 rings (SSSR count). The lowest BCUT2D eigenvalue weighted by Crippen LogP contribution is -2.39. The van der Waals surface area contributed by atoms with E-state index >= 15 is 0 Å². The van der Waals surface area contributed by atoms with Crippen molar-refractivity contribution in [2.24, 2.45) is 11.8 Å². The molecule has 2 aromatic rings. The molecule has 26 heavy (non-hydrogen) atoms. The van der Waals surface area contributed by atoms with Crippen LogP contribution in [0, 0.1) is 11.8 Å². The van der Waals surface area contributed by atoms with Crippen molar-refractivity contribution in [2.45, 2.75) is 6.10 Å². The number of nitrogens with zero attached hydrogens (tertiary/aromatic N) is 1. The molecule has 0 unspecified atom stereocenters. The third-order valence-corrected chi connectivity index (χ3v) is 4.79. The van der Waals surface area contributed by atoms with Gasteiger partial charge in [0.15, 0.2) is 0 Å². The van der Waals surface area contributed by atoms with Crippen LogP contribution in [0.15, 0.2) is 66.8 Å². The highest BCUT2D eigenvalue weighted by atomic mass is 16.5. The first-order valence-corrected chi connectivity index (χ1v) is 8.63. The molecule has 3 atom stereocenters. The zero-order valence-electron chi connectivity index (χ0n) is 14.1. The van der Waals surface area contributed by atoms with Crippen LogP contribution in [0.25, 0.3) is 10.8 Å². The maximum Gasteiger partial charge on any atom is 0.237 e. The zero-order valence-corrected chi connectivity index (χ0v) is 14.1. The Balaban J connectivity index is 1.38. The molecule has 0 radical (unpaired) electrons. The quantitative estimate of drug-likeness (QED) is 0.841. The number of amides is 2. The molecule has 0 saturated carbocycles. The van der Waals surface area contributed by atoms with Crippen molar-refractivity contribution in [2.75, 3.05) is 13.2 Å². The Morgan fingerprint density at radius 2 is 1.62 bits per heavy atom. The number of aliphatic hydroxyl groups excluding tert-OH is 1. The molecule has 132 valence electrons. The highest BCUT2D eigenvalue weighted by molar-refractivity contribution is 6.07. The van der Waals surface area contributed by atoms with Gasteiger partial charge in [0.2, 0.25) is 11.8 Å². The predicted octanol–water partition coefficient (Wildman–Crippen LogP) is 2.31. The average molecular weight is 349 g/mol. The first-order chi connectivity index (χ1) is 12.6. The number of rotatable bonds is 5. The topological polar surface area (TPSA) is 66.8 Å². The van der Waals surface area contributed by atoms with Crippen molar-refractivity contribution in [3.63, 3.8) is 0 Å². The van der Waals surface area contributed by atoms with Crippen molar-refractivity contribution in [1.82, 2.24) is 4.90 Å². The molecule has 0 aromatic heterocycles. The van der Waals surface area contributed by atoms with E-state index < -0.39 is 17.9 Å². The van der Waals surface area contributed by atoms with E-state index in [0.29, 0.717) is 5.75 Å². The summed E-state index contributed by atoms with van der Waals surface area (Å²) in [6.07, 6.45) is 6.08. The lowest BCUT2D eigenvalue weighted by atomic mass is 9.91. The van der Waals surface area contributed by atoms with Gasteiger partial charge < -0.3 is 9.84 Å². The van der Waals surface area contributed by atoms with Gasteiger partial charge in [-0.3, -0.25) is 14.5 Å². The summed E-state index contributed by atoms with van der Waals surface area (Å²) >= 11 is 0. The summed E-state index contributed by atoms with van der Waals surface area (Å²) < 4.78 is 5.65. The summed E-state index contributed by atoms with van der Waals surface area (Å²) in [5, 5.41) is 12.4. The molecule has 1 N–H and O–H groups in total. The standard InChI is InChI=1S/C21H19NO4/c23-16(12-22-20(24)18-7-3-4-8-19(18)21(22)25)13-26-17-10-9-14-5-1-2-6-15(14)11-17/h1-11,16,18-19,23H,12-13H2/t16-,18-,19+/m1/s1. The fourth-order valence-corrected chi connectivity index (χ4v) is 3.44. The number of ether oxygens (including phenoxy) is 1. The second-order valence-corrected chi connectivity index (χ2v) is 6.58. The van der Waals surface area contributed by atoms with Crippen LogP contribution in [0.4, 0.5) is 0 Å². The minimum atomic E-state index is -0.942. The summed E-state index contributed by atoms with van der Waals surface area (Å²) in [5.41, 5.74) is 0. The van der Waals surface area contributed by atoms with E-state index in [9.17, 15) is 14.7 Å². The van der Waals surface area contributed by atoms with Gasteiger partial charge in [-0.25, -0.2) is 0 Å². The molecule has 0 spiro atoms. The molecule has 1 fully saturated rings. The normalized spacial score (nSPS) is 22.7. The van der Waals surface area contributed by atoms with Gasteiger partial charge in [0.1, 0.15) is 18.5 Å². The van der Waals surface area contributed by atoms with E-state index in [1.54, 1.807) is 24.3 Å². The maximum absolute atomic E-state index is 12.4.